The summed E-state index contributed by atoms with van der Waals surface area (Å²) in [5.74, 6) is -0.510. The molecule has 2 aromatic rings. The number of esters is 1. The number of aliphatic hydroxyl groups excluding tert-OH is 1. The lowest BCUT2D eigenvalue weighted by molar-refractivity contribution is -0.151. The van der Waals surface area contributed by atoms with Gasteiger partial charge in [-0.2, -0.15) is 0 Å². The maximum atomic E-state index is 13.6. The van der Waals surface area contributed by atoms with E-state index >= 15 is 0 Å². The van der Waals surface area contributed by atoms with Gasteiger partial charge in [0.2, 0.25) is 11.8 Å². The molecule has 7 nitrogen and oxygen atoms in total. The molecule has 218 valence electrons. The third-order valence-electron chi connectivity index (χ3n) is 6.96. The molecule has 1 aliphatic rings. The Bertz CT molecular complexity index is 1190. The van der Waals surface area contributed by atoms with E-state index in [0.29, 0.717) is 72.4 Å². The van der Waals surface area contributed by atoms with Gasteiger partial charge in [-0.3, -0.25) is 14.4 Å². The quantitative estimate of drug-likeness (QED) is 0.322. The van der Waals surface area contributed by atoms with Gasteiger partial charge in [0.1, 0.15) is 6.10 Å². The molecule has 2 aromatic carbocycles. The van der Waals surface area contributed by atoms with Gasteiger partial charge in [0, 0.05) is 59.3 Å². The number of ether oxygens (including phenoxy) is 1. The fourth-order valence-electron chi connectivity index (χ4n) is 4.95. The van der Waals surface area contributed by atoms with Gasteiger partial charge in [0.15, 0.2) is 0 Å². The molecule has 40 heavy (non-hydrogen) atoms. The minimum Gasteiger partial charge on any atom is -0.466 e. The van der Waals surface area contributed by atoms with E-state index in [-0.39, 0.29) is 42.0 Å². The van der Waals surface area contributed by atoms with E-state index in [9.17, 15) is 19.5 Å². The van der Waals surface area contributed by atoms with Crippen LogP contribution in [0.2, 0.25) is 10.0 Å². The summed E-state index contributed by atoms with van der Waals surface area (Å²) in [5, 5.41) is 12.2. The number of anilines is 1. The Balaban J connectivity index is 1.71. The van der Waals surface area contributed by atoms with E-state index in [0.717, 1.165) is 0 Å². The highest BCUT2D eigenvalue weighted by Gasteiger charge is 2.30. The highest BCUT2D eigenvalue weighted by Crippen LogP contribution is 2.37. The van der Waals surface area contributed by atoms with Crippen LogP contribution in [0.4, 0.5) is 5.69 Å². The van der Waals surface area contributed by atoms with Crippen LogP contribution in [-0.2, 0) is 19.1 Å². The number of hydrogen-bond acceptors (Lipinski definition) is 5. The van der Waals surface area contributed by atoms with Crippen molar-refractivity contribution in [3.8, 4) is 0 Å². The van der Waals surface area contributed by atoms with E-state index in [1.165, 1.54) is 0 Å². The summed E-state index contributed by atoms with van der Waals surface area (Å²) in [4.78, 5) is 41.9. The minimum atomic E-state index is -1.09. The number of hydrogen-bond donors (Lipinski definition) is 1. The fourth-order valence-corrected chi connectivity index (χ4v) is 5.36. The van der Waals surface area contributed by atoms with Crippen LogP contribution in [0, 0.1) is 11.3 Å². The zero-order valence-corrected chi connectivity index (χ0v) is 25.3. The van der Waals surface area contributed by atoms with Crippen molar-refractivity contribution in [3.63, 3.8) is 0 Å². The largest absolute Gasteiger partial charge is 0.466 e. The molecule has 2 amide bonds. The van der Waals surface area contributed by atoms with Crippen LogP contribution in [0.5, 0.6) is 0 Å². The van der Waals surface area contributed by atoms with E-state index in [1.807, 2.05) is 20.8 Å². The van der Waals surface area contributed by atoms with Gasteiger partial charge in [-0.25, -0.2) is 0 Å². The first-order chi connectivity index (χ1) is 18.9. The van der Waals surface area contributed by atoms with Crippen molar-refractivity contribution in [2.24, 2.45) is 11.3 Å². The van der Waals surface area contributed by atoms with Crippen LogP contribution >= 0.6 is 23.2 Å². The van der Waals surface area contributed by atoms with E-state index < -0.39 is 6.10 Å². The molecule has 1 saturated heterocycles. The normalized spacial score (nSPS) is 15.0. The van der Waals surface area contributed by atoms with Crippen LogP contribution in [0.3, 0.4) is 0 Å². The van der Waals surface area contributed by atoms with Gasteiger partial charge in [-0.1, -0.05) is 62.2 Å². The van der Waals surface area contributed by atoms with Crippen molar-refractivity contribution in [1.29, 1.82) is 0 Å². The van der Waals surface area contributed by atoms with Crippen LogP contribution in [-0.4, -0.2) is 54.0 Å². The maximum absolute atomic E-state index is 13.6. The Morgan fingerprint density at radius 2 is 1.73 bits per heavy atom. The summed E-state index contributed by atoms with van der Waals surface area (Å²) in [5.41, 5.74) is 1.33. The zero-order valence-electron chi connectivity index (χ0n) is 23.8. The van der Waals surface area contributed by atoms with Crippen molar-refractivity contribution >= 4 is 46.7 Å². The molecule has 1 heterocycles. The average Bonchev–Trinajstić information content (AvgIpc) is 2.91. The van der Waals surface area contributed by atoms with Gasteiger partial charge >= 0.3 is 5.97 Å². The Morgan fingerprint density at radius 1 is 1.05 bits per heavy atom. The SMILES string of the molecule is CCOC(=O)C1CCN(C(=O)CCCC(=O)N(CC(C)(C)C)c2ccc(Cl)cc2C(O)c2ccccc2Cl)CC1. The Morgan fingerprint density at radius 3 is 2.35 bits per heavy atom. The Labute approximate surface area is 247 Å². The summed E-state index contributed by atoms with van der Waals surface area (Å²) in [6.45, 7) is 9.69. The van der Waals surface area contributed by atoms with Crippen molar-refractivity contribution in [2.75, 3.05) is 31.1 Å². The van der Waals surface area contributed by atoms with E-state index in [2.05, 4.69) is 0 Å². The second kappa shape index (κ2) is 14.3. The molecule has 9 heteroatoms. The number of likely N-dealkylation sites (tertiary alicyclic amines) is 1. The number of nitrogens with zero attached hydrogens (tertiary/aromatic N) is 2. The van der Waals surface area contributed by atoms with Crippen LogP contribution < -0.4 is 4.90 Å². The molecule has 1 N–H and O–H groups in total. The Hall–Kier alpha value is -2.61. The number of benzene rings is 2. The maximum Gasteiger partial charge on any atom is 0.309 e. The number of halogens is 2. The van der Waals surface area contributed by atoms with Crippen molar-refractivity contribution in [3.05, 3.63) is 63.6 Å². The summed E-state index contributed by atoms with van der Waals surface area (Å²) < 4.78 is 5.11. The number of carbonyl (C=O) groups excluding carboxylic acids is 3. The minimum absolute atomic E-state index is 0.0150. The number of piperidine rings is 1. The van der Waals surface area contributed by atoms with Crippen molar-refractivity contribution in [1.82, 2.24) is 4.90 Å². The molecular weight excluding hydrogens is 551 g/mol. The molecular formula is C31H40Cl2N2O5. The molecule has 0 bridgehead atoms. The number of aliphatic hydroxyl groups is 1. The van der Waals surface area contributed by atoms with Crippen molar-refractivity contribution < 1.29 is 24.2 Å². The topological polar surface area (TPSA) is 87.2 Å². The number of amides is 2. The third-order valence-corrected chi connectivity index (χ3v) is 7.54. The zero-order chi connectivity index (χ0) is 29.4. The molecule has 1 atom stereocenters. The average molecular weight is 592 g/mol. The van der Waals surface area contributed by atoms with Crippen molar-refractivity contribution in [2.45, 2.75) is 65.9 Å². The predicted molar refractivity (Wildman–Crippen MR) is 159 cm³/mol. The number of rotatable bonds is 10. The van der Waals surface area contributed by atoms with Crippen LogP contribution in [0.15, 0.2) is 42.5 Å². The fraction of sp³-hybridized carbons (Fsp3) is 0.516. The lowest BCUT2D eigenvalue weighted by atomic mass is 9.93. The first kappa shape index (κ1) is 31.9. The van der Waals surface area contributed by atoms with E-state index in [4.69, 9.17) is 27.9 Å². The van der Waals surface area contributed by atoms with Gasteiger partial charge < -0.3 is 19.6 Å². The summed E-state index contributed by atoms with van der Waals surface area (Å²) in [6.07, 6.45) is 0.912. The molecule has 0 saturated carbocycles. The van der Waals surface area contributed by atoms with E-state index in [1.54, 1.807) is 59.2 Å². The molecule has 1 aliphatic heterocycles. The second-order valence-corrected chi connectivity index (χ2v) is 12.3. The molecule has 0 aromatic heterocycles. The first-order valence-electron chi connectivity index (χ1n) is 13.9. The molecule has 1 fully saturated rings. The third kappa shape index (κ3) is 8.69. The smallest absolute Gasteiger partial charge is 0.309 e. The molecule has 3 rings (SSSR count). The summed E-state index contributed by atoms with van der Waals surface area (Å²) in [7, 11) is 0. The molecule has 0 aliphatic carbocycles. The lowest BCUT2D eigenvalue weighted by Crippen LogP contribution is -2.41. The highest BCUT2D eigenvalue weighted by molar-refractivity contribution is 6.31. The number of carbonyl (C=O) groups is 3. The monoisotopic (exact) mass is 590 g/mol. The molecule has 0 spiro atoms. The highest BCUT2D eigenvalue weighted by atomic mass is 35.5. The predicted octanol–water partition coefficient (Wildman–Crippen LogP) is 6.43. The lowest BCUT2D eigenvalue weighted by Gasteiger charge is -2.33. The van der Waals surface area contributed by atoms with Crippen LogP contribution in [0.1, 0.15) is 77.0 Å². The first-order valence-corrected chi connectivity index (χ1v) is 14.6. The Kier molecular flexibility index (Phi) is 11.4. The molecule has 1 unspecified atom stereocenters. The van der Waals surface area contributed by atoms with Gasteiger partial charge in [-0.15, -0.1) is 0 Å². The summed E-state index contributed by atoms with van der Waals surface area (Å²) in [6, 6.07) is 12.1. The molecule has 0 radical (unpaired) electrons. The van der Waals surface area contributed by atoms with Crippen LogP contribution in [0.25, 0.3) is 0 Å². The van der Waals surface area contributed by atoms with Gasteiger partial charge in [0.05, 0.1) is 12.5 Å². The van der Waals surface area contributed by atoms with Gasteiger partial charge in [0.25, 0.3) is 0 Å². The summed E-state index contributed by atoms with van der Waals surface area (Å²) >= 11 is 12.7. The van der Waals surface area contributed by atoms with Gasteiger partial charge in [-0.05, 0) is 55.9 Å². The standard InChI is InChI=1S/C31H40Cl2N2O5/c1-5-40-30(39)21-15-17-34(18-16-21)27(36)11-8-12-28(37)35(20-31(2,3)4)26-14-13-22(32)19-24(26)29(38)23-9-6-7-10-25(23)33/h6-7,9-10,13-14,19,21,29,38H,5,8,11-12,15-18,20H2,1-4H3. The second-order valence-electron chi connectivity index (χ2n) is 11.4.